The maximum atomic E-state index is 5.60. The highest BCUT2D eigenvalue weighted by Crippen LogP contribution is 2.63. The van der Waals surface area contributed by atoms with E-state index in [4.69, 9.17) is 4.74 Å². The third kappa shape index (κ3) is 1.74. The van der Waals surface area contributed by atoms with Gasteiger partial charge in [-0.1, -0.05) is 20.3 Å². The summed E-state index contributed by atoms with van der Waals surface area (Å²) < 4.78 is 5.60. The lowest BCUT2D eigenvalue weighted by Crippen LogP contribution is -2.46. The molecule has 1 aliphatic heterocycles. The standard InChI is InChI=1S/C19H30O/c1-3-14-5-7-18-17-6-4-13-12-20-11-9-15(13)16(17)8-10-19(14,18)2/h12,14-18H,3-11H2,1-2H3. The van der Waals surface area contributed by atoms with Gasteiger partial charge in [0, 0.05) is 0 Å². The summed E-state index contributed by atoms with van der Waals surface area (Å²) in [5, 5.41) is 0. The summed E-state index contributed by atoms with van der Waals surface area (Å²) in [4.78, 5) is 0. The van der Waals surface area contributed by atoms with Gasteiger partial charge in [-0.2, -0.15) is 0 Å². The molecule has 4 aliphatic rings. The van der Waals surface area contributed by atoms with E-state index in [0.29, 0.717) is 5.41 Å². The summed E-state index contributed by atoms with van der Waals surface area (Å²) in [5.74, 6) is 4.96. The SMILES string of the molecule is CCC1CCC2C3CCC4=COCCC4C3CCC12C. The summed E-state index contributed by atoms with van der Waals surface area (Å²) in [6.07, 6.45) is 13.7. The molecule has 20 heavy (non-hydrogen) atoms. The van der Waals surface area contributed by atoms with Crippen molar-refractivity contribution >= 4 is 0 Å². The topological polar surface area (TPSA) is 9.23 Å². The molecule has 0 N–H and O–H groups in total. The maximum absolute atomic E-state index is 5.60. The molecular weight excluding hydrogens is 244 g/mol. The summed E-state index contributed by atoms with van der Waals surface area (Å²) in [7, 11) is 0. The second-order valence-corrected chi connectivity index (χ2v) is 8.16. The van der Waals surface area contributed by atoms with Gasteiger partial charge in [-0.05, 0) is 85.5 Å². The normalized spacial score (nSPS) is 50.5. The predicted octanol–water partition coefficient (Wildman–Crippen LogP) is 5.17. The average Bonchev–Trinajstić information content (AvgIpc) is 2.83. The smallest absolute Gasteiger partial charge is 0.0879 e. The lowest BCUT2D eigenvalue weighted by Gasteiger charge is -2.54. The van der Waals surface area contributed by atoms with Gasteiger partial charge >= 0.3 is 0 Å². The van der Waals surface area contributed by atoms with E-state index in [2.05, 4.69) is 20.1 Å². The van der Waals surface area contributed by atoms with Crippen LogP contribution in [-0.2, 0) is 4.74 Å². The zero-order valence-corrected chi connectivity index (χ0v) is 13.2. The van der Waals surface area contributed by atoms with Crippen LogP contribution in [0.5, 0.6) is 0 Å². The molecule has 1 heterocycles. The van der Waals surface area contributed by atoms with Gasteiger partial charge in [-0.15, -0.1) is 0 Å². The molecule has 6 unspecified atom stereocenters. The largest absolute Gasteiger partial charge is 0.501 e. The van der Waals surface area contributed by atoms with Crippen molar-refractivity contribution in [3.05, 3.63) is 11.8 Å². The minimum atomic E-state index is 0.683. The van der Waals surface area contributed by atoms with Crippen LogP contribution in [0.25, 0.3) is 0 Å². The van der Waals surface area contributed by atoms with E-state index in [9.17, 15) is 0 Å². The van der Waals surface area contributed by atoms with Crippen LogP contribution in [-0.4, -0.2) is 6.61 Å². The van der Waals surface area contributed by atoms with Gasteiger partial charge in [0.05, 0.1) is 12.9 Å². The Morgan fingerprint density at radius 3 is 2.90 bits per heavy atom. The molecule has 1 heteroatoms. The first-order valence-electron chi connectivity index (χ1n) is 9.04. The molecule has 3 aliphatic carbocycles. The van der Waals surface area contributed by atoms with Crippen molar-refractivity contribution in [1.82, 2.24) is 0 Å². The number of ether oxygens (including phenoxy) is 1. The Bertz CT molecular complexity index is 412. The van der Waals surface area contributed by atoms with Crippen LogP contribution in [0.3, 0.4) is 0 Å². The van der Waals surface area contributed by atoms with Crippen LogP contribution in [0.2, 0.25) is 0 Å². The first kappa shape index (κ1) is 13.2. The van der Waals surface area contributed by atoms with Gasteiger partial charge in [0.25, 0.3) is 0 Å². The Hall–Kier alpha value is -0.460. The zero-order chi connectivity index (χ0) is 13.7. The number of rotatable bonds is 1. The molecule has 4 rings (SSSR count). The van der Waals surface area contributed by atoms with E-state index in [0.717, 1.165) is 36.2 Å². The summed E-state index contributed by atoms with van der Waals surface area (Å²) in [6.45, 7) is 6.03. The van der Waals surface area contributed by atoms with Crippen molar-refractivity contribution < 1.29 is 4.74 Å². The van der Waals surface area contributed by atoms with Crippen molar-refractivity contribution in [1.29, 1.82) is 0 Å². The molecule has 3 saturated carbocycles. The molecule has 0 aromatic heterocycles. The predicted molar refractivity (Wildman–Crippen MR) is 82.2 cm³/mol. The van der Waals surface area contributed by atoms with Crippen molar-refractivity contribution in [2.45, 2.75) is 65.2 Å². The first-order chi connectivity index (χ1) is 9.74. The van der Waals surface area contributed by atoms with Gasteiger partial charge in [-0.3, -0.25) is 0 Å². The van der Waals surface area contributed by atoms with Crippen molar-refractivity contribution in [2.75, 3.05) is 6.61 Å². The summed E-state index contributed by atoms with van der Waals surface area (Å²) in [5.41, 5.74) is 2.34. The summed E-state index contributed by atoms with van der Waals surface area (Å²) >= 11 is 0. The van der Waals surface area contributed by atoms with Crippen molar-refractivity contribution in [3.63, 3.8) is 0 Å². The van der Waals surface area contributed by atoms with Crippen molar-refractivity contribution in [2.24, 2.45) is 35.0 Å². The molecule has 0 aromatic rings. The molecule has 3 fully saturated rings. The minimum absolute atomic E-state index is 0.683. The van der Waals surface area contributed by atoms with Crippen LogP contribution < -0.4 is 0 Å². The molecule has 0 amide bonds. The van der Waals surface area contributed by atoms with E-state index in [-0.39, 0.29) is 0 Å². The van der Waals surface area contributed by atoms with Crippen LogP contribution in [0, 0.1) is 35.0 Å². The molecular formula is C19H30O. The minimum Gasteiger partial charge on any atom is -0.501 e. The van der Waals surface area contributed by atoms with E-state index in [1.54, 1.807) is 5.57 Å². The fraction of sp³-hybridized carbons (Fsp3) is 0.895. The third-order valence-corrected chi connectivity index (χ3v) is 7.72. The number of fused-ring (bicyclic) bond motifs is 5. The average molecular weight is 274 g/mol. The Morgan fingerprint density at radius 1 is 1.15 bits per heavy atom. The highest BCUT2D eigenvalue weighted by atomic mass is 16.5. The van der Waals surface area contributed by atoms with E-state index in [1.165, 1.54) is 51.4 Å². The zero-order valence-electron chi connectivity index (χ0n) is 13.2. The van der Waals surface area contributed by atoms with Crippen LogP contribution in [0.4, 0.5) is 0 Å². The molecule has 0 bridgehead atoms. The quantitative estimate of drug-likeness (QED) is 0.641. The fourth-order valence-electron chi connectivity index (χ4n) is 6.71. The van der Waals surface area contributed by atoms with Gasteiger partial charge in [-0.25, -0.2) is 0 Å². The fourth-order valence-corrected chi connectivity index (χ4v) is 6.71. The third-order valence-electron chi connectivity index (χ3n) is 7.72. The van der Waals surface area contributed by atoms with Crippen LogP contribution >= 0.6 is 0 Å². The molecule has 112 valence electrons. The monoisotopic (exact) mass is 274 g/mol. The number of hydrogen-bond donors (Lipinski definition) is 0. The highest BCUT2D eigenvalue weighted by molar-refractivity contribution is 5.16. The Labute approximate surface area is 124 Å². The Balaban J connectivity index is 1.61. The molecule has 6 atom stereocenters. The second kappa shape index (κ2) is 4.78. The van der Waals surface area contributed by atoms with Gasteiger partial charge in [0.1, 0.15) is 0 Å². The van der Waals surface area contributed by atoms with E-state index >= 15 is 0 Å². The molecule has 1 nitrogen and oxygen atoms in total. The Kier molecular flexibility index (Phi) is 3.16. The van der Waals surface area contributed by atoms with Gasteiger partial charge in [0.15, 0.2) is 0 Å². The van der Waals surface area contributed by atoms with Crippen molar-refractivity contribution in [3.8, 4) is 0 Å². The number of allylic oxidation sites excluding steroid dienone is 1. The molecule has 0 spiro atoms. The van der Waals surface area contributed by atoms with E-state index in [1.807, 2.05) is 0 Å². The maximum Gasteiger partial charge on any atom is 0.0879 e. The molecule has 0 radical (unpaired) electrons. The Morgan fingerprint density at radius 2 is 2.05 bits per heavy atom. The number of hydrogen-bond acceptors (Lipinski definition) is 1. The second-order valence-electron chi connectivity index (χ2n) is 8.16. The van der Waals surface area contributed by atoms with Crippen LogP contribution in [0.1, 0.15) is 65.2 Å². The molecule has 0 aromatic carbocycles. The first-order valence-corrected chi connectivity index (χ1v) is 9.04. The van der Waals surface area contributed by atoms with Gasteiger partial charge in [0.2, 0.25) is 0 Å². The highest BCUT2D eigenvalue weighted by Gasteiger charge is 2.55. The van der Waals surface area contributed by atoms with E-state index < -0.39 is 0 Å². The summed E-state index contributed by atoms with van der Waals surface area (Å²) in [6, 6.07) is 0. The van der Waals surface area contributed by atoms with Crippen LogP contribution in [0.15, 0.2) is 11.8 Å². The molecule has 0 saturated heterocycles. The lowest BCUT2D eigenvalue weighted by atomic mass is 9.51. The van der Waals surface area contributed by atoms with Gasteiger partial charge < -0.3 is 4.74 Å². The lowest BCUT2D eigenvalue weighted by molar-refractivity contribution is -0.0286.